The Balaban J connectivity index is 1.43. The molecule has 0 saturated heterocycles. The molecule has 9 heteroatoms. The number of halogens is 1. The lowest BCUT2D eigenvalue weighted by Gasteiger charge is -2.15. The molecule has 184 valence electrons. The predicted octanol–water partition coefficient (Wildman–Crippen LogP) is 7.03. The van der Waals surface area contributed by atoms with E-state index in [-0.39, 0.29) is 6.42 Å². The summed E-state index contributed by atoms with van der Waals surface area (Å²) >= 11 is 6.20. The Morgan fingerprint density at radius 3 is 2.31 bits per heavy atom. The van der Waals surface area contributed by atoms with Gasteiger partial charge in [0.15, 0.2) is 5.76 Å². The van der Waals surface area contributed by atoms with E-state index >= 15 is 0 Å². The first-order chi connectivity index (χ1) is 17.3. The molecule has 1 amide bonds. The van der Waals surface area contributed by atoms with Crippen LogP contribution in [0.15, 0.2) is 77.3 Å². The number of rotatable bonds is 8. The molecule has 0 aliphatic carbocycles. The van der Waals surface area contributed by atoms with Gasteiger partial charge in [-0.1, -0.05) is 47.1 Å². The summed E-state index contributed by atoms with van der Waals surface area (Å²) in [7, 11) is 0. The molecule has 1 heterocycles. The number of ether oxygens (including phenoxy) is 2. The summed E-state index contributed by atoms with van der Waals surface area (Å²) in [6, 6.07) is 21.0. The topological polar surface area (TPSA) is 111 Å². The Morgan fingerprint density at radius 1 is 1.03 bits per heavy atom. The molecule has 36 heavy (non-hydrogen) atoms. The predicted molar refractivity (Wildman–Crippen MR) is 135 cm³/mol. The third kappa shape index (κ3) is 6.03. The van der Waals surface area contributed by atoms with Gasteiger partial charge in [0, 0.05) is 16.1 Å². The van der Waals surface area contributed by atoms with Gasteiger partial charge in [-0.3, -0.25) is 10.1 Å². The van der Waals surface area contributed by atoms with Gasteiger partial charge in [0.1, 0.15) is 29.0 Å². The van der Waals surface area contributed by atoms with Gasteiger partial charge >= 0.3 is 12.1 Å². The number of hydrogen-bond acceptors (Lipinski definition) is 6. The molecule has 1 aromatic heterocycles. The van der Waals surface area contributed by atoms with E-state index in [1.807, 2.05) is 6.07 Å². The molecule has 0 aliphatic heterocycles. The van der Waals surface area contributed by atoms with E-state index in [4.69, 9.17) is 30.7 Å². The van der Waals surface area contributed by atoms with Crippen molar-refractivity contribution in [3.63, 3.8) is 0 Å². The Kier molecular flexibility index (Phi) is 7.56. The molecule has 0 saturated carbocycles. The number of carboxylic acids is 1. The van der Waals surface area contributed by atoms with Gasteiger partial charge in [0.25, 0.3) is 0 Å². The van der Waals surface area contributed by atoms with Crippen LogP contribution in [0.5, 0.6) is 11.5 Å². The number of aliphatic carboxylic acids is 1. The van der Waals surface area contributed by atoms with Crippen molar-refractivity contribution in [3.05, 3.63) is 94.6 Å². The van der Waals surface area contributed by atoms with Crippen LogP contribution in [0.2, 0.25) is 5.02 Å². The van der Waals surface area contributed by atoms with Crippen LogP contribution in [-0.2, 0) is 16.0 Å². The van der Waals surface area contributed by atoms with E-state index in [2.05, 4.69) is 10.5 Å². The number of aromatic nitrogens is 1. The SMILES string of the molecule is Cc1noc(-c2ccc(Oc3ccc(CC(=O)O)cc3)cc2)c1NC(=O)O[C@H](C)c1ccccc1Cl. The van der Waals surface area contributed by atoms with E-state index in [1.165, 1.54) is 0 Å². The fourth-order valence-corrected chi connectivity index (χ4v) is 3.82. The molecule has 3 aromatic carbocycles. The summed E-state index contributed by atoms with van der Waals surface area (Å²) in [5, 5.41) is 16.1. The minimum atomic E-state index is -0.890. The van der Waals surface area contributed by atoms with Crippen molar-refractivity contribution in [1.82, 2.24) is 5.16 Å². The summed E-state index contributed by atoms with van der Waals surface area (Å²) in [5.41, 5.74) is 2.95. The number of nitrogens with zero attached hydrogens (tertiary/aromatic N) is 1. The monoisotopic (exact) mass is 506 g/mol. The molecule has 0 fully saturated rings. The lowest BCUT2D eigenvalue weighted by atomic mass is 10.1. The van der Waals surface area contributed by atoms with Gasteiger partial charge in [-0.05, 0) is 61.9 Å². The highest BCUT2D eigenvalue weighted by atomic mass is 35.5. The Bertz CT molecular complexity index is 1370. The fraction of sp³-hybridized carbons (Fsp3) is 0.148. The maximum atomic E-state index is 12.6. The number of carbonyl (C=O) groups is 2. The van der Waals surface area contributed by atoms with Gasteiger partial charge in [-0.15, -0.1) is 0 Å². The quantitative estimate of drug-likeness (QED) is 0.264. The number of carbonyl (C=O) groups excluding carboxylic acids is 1. The molecule has 0 radical (unpaired) electrons. The van der Waals surface area contributed by atoms with E-state index in [0.717, 1.165) is 0 Å². The van der Waals surface area contributed by atoms with Crippen molar-refractivity contribution < 1.29 is 28.7 Å². The second-order valence-corrected chi connectivity index (χ2v) is 8.41. The maximum Gasteiger partial charge on any atom is 0.412 e. The number of hydrogen-bond donors (Lipinski definition) is 2. The summed E-state index contributed by atoms with van der Waals surface area (Å²) < 4.78 is 16.8. The third-order valence-corrected chi connectivity index (χ3v) is 5.69. The molecule has 0 spiro atoms. The van der Waals surface area contributed by atoms with Crippen LogP contribution in [-0.4, -0.2) is 22.3 Å². The van der Waals surface area contributed by atoms with Crippen LogP contribution in [0.4, 0.5) is 10.5 Å². The summed E-state index contributed by atoms with van der Waals surface area (Å²) in [6.45, 7) is 3.45. The van der Waals surface area contributed by atoms with Crippen molar-refractivity contribution >= 4 is 29.4 Å². The van der Waals surface area contributed by atoms with Crippen molar-refractivity contribution in [3.8, 4) is 22.8 Å². The molecule has 4 aromatic rings. The molecular formula is C27H23ClN2O6. The first-order valence-corrected chi connectivity index (χ1v) is 11.5. The van der Waals surface area contributed by atoms with Crippen molar-refractivity contribution in [1.29, 1.82) is 0 Å². The Hall–Kier alpha value is -4.30. The van der Waals surface area contributed by atoms with Crippen molar-refractivity contribution in [2.75, 3.05) is 5.32 Å². The van der Waals surface area contributed by atoms with Crippen LogP contribution in [0.1, 0.15) is 29.8 Å². The zero-order valence-electron chi connectivity index (χ0n) is 19.5. The summed E-state index contributed by atoms with van der Waals surface area (Å²) in [5.74, 6) is 0.632. The number of anilines is 1. The summed E-state index contributed by atoms with van der Waals surface area (Å²) in [6.07, 6.45) is -1.27. The number of amides is 1. The summed E-state index contributed by atoms with van der Waals surface area (Å²) in [4.78, 5) is 23.4. The average molecular weight is 507 g/mol. The minimum absolute atomic E-state index is 0.0472. The van der Waals surface area contributed by atoms with Crippen molar-refractivity contribution in [2.24, 2.45) is 0 Å². The number of carboxylic acid groups (broad SMARTS) is 1. The van der Waals surface area contributed by atoms with Crippen LogP contribution >= 0.6 is 11.6 Å². The number of benzene rings is 3. The molecule has 0 aliphatic rings. The number of nitrogens with one attached hydrogen (secondary N) is 1. The molecule has 0 unspecified atom stereocenters. The van der Waals surface area contributed by atoms with Gasteiger partial charge in [0.05, 0.1) is 6.42 Å². The molecule has 4 rings (SSSR count). The van der Waals surface area contributed by atoms with E-state index in [1.54, 1.807) is 80.6 Å². The van der Waals surface area contributed by atoms with E-state index in [9.17, 15) is 9.59 Å². The van der Waals surface area contributed by atoms with Crippen LogP contribution in [0.3, 0.4) is 0 Å². The first-order valence-electron chi connectivity index (χ1n) is 11.1. The fourth-order valence-electron chi connectivity index (χ4n) is 3.53. The highest BCUT2D eigenvalue weighted by Crippen LogP contribution is 2.33. The third-order valence-electron chi connectivity index (χ3n) is 5.35. The smallest absolute Gasteiger partial charge is 0.412 e. The van der Waals surface area contributed by atoms with Crippen LogP contribution in [0, 0.1) is 6.92 Å². The van der Waals surface area contributed by atoms with E-state index < -0.39 is 18.2 Å². The minimum Gasteiger partial charge on any atom is -0.481 e. The Morgan fingerprint density at radius 2 is 1.67 bits per heavy atom. The standard InChI is InChI=1S/C27H23ClN2O6/c1-16-25(29-27(33)34-17(2)22-5-3-4-6-23(22)28)26(36-30-16)19-9-13-21(14-10-19)35-20-11-7-18(8-12-20)15-24(31)32/h3-14,17H,15H2,1-2H3,(H,29,33)(H,31,32)/t17-/m1/s1. The lowest BCUT2D eigenvalue weighted by Crippen LogP contribution is -2.17. The maximum absolute atomic E-state index is 12.6. The van der Waals surface area contributed by atoms with Gasteiger partial charge in [-0.2, -0.15) is 0 Å². The second kappa shape index (κ2) is 11.0. The molecule has 8 nitrogen and oxygen atoms in total. The molecule has 0 bridgehead atoms. The average Bonchev–Trinajstić information content (AvgIpc) is 3.20. The van der Waals surface area contributed by atoms with Crippen LogP contribution < -0.4 is 10.1 Å². The largest absolute Gasteiger partial charge is 0.481 e. The second-order valence-electron chi connectivity index (χ2n) is 8.01. The highest BCUT2D eigenvalue weighted by Gasteiger charge is 2.20. The van der Waals surface area contributed by atoms with Gasteiger partial charge < -0.3 is 19.1 Å². The number of aryl methyl sites for hydroxylation is 1. The van der Waals surface area contributed by atoms with Gasteiger partial charge in [0.2, 0.25) is 0 Å². The normalized spacial score (nSPS) is 11.5. The first kappa shape index (κ1) is 24.8. The van der Waals surface area contributed by atoms with Gasteiger partial charge in [-0.25, -0.2) is 4.79 Å². The Labute approximate surface area is 212 Å². The van der Waals surface area contributed by atoms with Crippen molar-refractivity contribution in [2.45, 2.75) is 26.4 Å². The molecular weight excluding hydrogens is 484 g/mol. The van der Waals surface area contributed by atoms with E-state index in [0.29, 0.717) is 50.4 Å². The highest BCUT2D eigenvalue weighted by molar-refractivity contribution is 6.31. The zero-order chi connectivity index (χ0) is 25.7. The molecule has 2 N–H and O–H groups in total. The lowest BCUT2D eigenvalue weighted by molar-refractivity contribution is -0.136. The zero-order valence-corrected chi connectivity index (χ0v) is 20.3. The van der Waals surface area contributed by atoms with Crippen LogP contribution in [0.25, 0.3) is 11.3 Å². The molecule has 1 atom stereocenters.